The Labute approximate surface area is 116 Å². The van der Waals surface area contributed by atoms with Crippen LogP contribution in [0.15, 0.2) is 20.0 Å². The van der Waals surface area contributed by atoms with E-state index in [2.05, 4.69) is 25.0 Å². The summed E-state index contributed by atoms with van der Waals surface area (Å²) in [6.45, 7) is 10.1. The van der Waals surface area contributed by atoms with Crippen LogP contribution in [0.1, 0.15) is 28.0 Å². The van der Waals surface area contributed by atoms with Gasteiger partial charge in [0.25, 0.3) is 0 Å². The van der Waals surface area contributed by atoms with Gasteiger partial charge < -0.3 is 14.7 Å². The Morgan fingerprint density at radius 1 is 0.800 bits per heavy atom. The lowest BCUT2D eigenvalue weighted by Gasteiger charge is -2.08. The number of benzene rings is 1. The maximum atomic E-state index is 5.86. The second kappa shape index (κ2) is 4.13. The molecule has 0 radical (unpaired) electrons. The Bertz CT molecular complexity index is 914. The van der Waals surface area contributed by atoms with Gasteiger partial charge in [-0.05, 0) is 51.8 Å². The lowest BCUT2D eigenvalue weighted by molar-refractivity contribution is 0.525. The lowest BCUT2D eigenvalue weighted by Crippen LogP contribution is -2.11. The Kier molecular flexibility index (Phi) is 2.64. The number of hydrogen-bond donors (Lipinski definition) is 1. The minimum atomic E-state index is 0.470. The number of nitrogens with zero attached hydrogens (tertiary/aromatic N) is 1. The summed E-state index contributed by atoms with van der Waals surface area (Å²) in [6, 6.07) is 2.13. The number of hydrogen-bond acceptors (Lipinski definition) is 4. The largest absolute Gasteiger partial charge is 0.461 e. The van der Waals surface area contributed by atoms with E-state index in [4.69, 9.17) is 14.7 Å². The predicted octanol–water partition coefficient (Wildman–Crippen LogP) is 3.50. The fraction of sp³-hybridized carbons (Fsp3) is 0.312. The Balaban J connectivity index is 2.64. The zero-order valence-electron chi connectivity index (χ0n) is 12.4. The van der Waals surface area contributed by atoms with Crippen LogP contribution in [0.4, 0.5) is 0 Å². The number of furan rings is 1. The lowest BCUT2D eigenvalue weighted by atomic mass is 10.0. The van der Waals surface area contributed by atoms with Crippen LogP contribution in [-0.4, -0.2) is 0 Å². The van der Waals surface area contributed by atoms with E-state index in [0.29, 0.717) is 5.55 Å². The molecule has 3 aromatic rings. The first-order chi connectivity index (χ1) is 9.45. The van der Waals surface area contributed by atoms with E-state index in [1.165, 1.54) is 5.56 Å². The van der Waals surface area contributed by atoms with Crippen molar-refractivity contribution in [2.45, 2.75) is 34.6 Å². The van der Waals surface area contributed by atoms with Gasteiger partial charge in [0.15, 0.2) is 0 Å². The minimum Gasteiger partial charge on any atom is -0.461 e. The maximum Gasteiger partial charge on any atom is 0.239 e. The first-order valence-corrected chi connectivity index (χ1v) is 6.63. The van der Waals surface area contributed by atoms with E-state index in [9.17, 15) is 0 Å². The number of rotatable bonds is 0. The maximum absolute atomic E-state index is 5.86. The molecule has 0 saturated heterocycles. The topological polar surface area (TPSA) is 64.7 Å². The summed E-state index contributed by atoms with van der Waals surface area (Å²) in [5.41, 5.74) is 6.41. The highest BCUT2D eigenvalue weighted by Gasteiger charge is 2.16. The zero-order chi connectivity index (χ0) is 14.6. The van der Waals surface area contributed by atoms with Gasteiger partial charge in [-0.3, -0.25) is 0 Å². The second-order valence-corrected chi connectivity index (χ2v) is 5.32. The quantitative estimate of drug-likeness (QED) is 0.502. The molecule has 3 rings (SSSR count). The average Bonchev–Trinajstić information content (AvgIpc) is 2.72. The highest BCUT2D eigenvalue weighted by Crippen LogP contribution is 2.34. The van der Waals surface area contributed by atoms with Gasteiger partial charge in [-0.1, -0.05) is 0 Å². The first-order valence-electron chi connectivity index (χ1n) is 6.63. The molecule has 0 saturated carbocycles. The van der Waals surface area contributed by atoms with Crippen molar-refractivity contribution in [3.63, 3.8) is 0 Å². The van der Waals surface area contributed by atoms with Crippen molar-refractivity contribution in [2.24, 2.45) is 10.9 Å². The van der Waals surface area contributed by atoms with Crippen molar-refractivity contribution >= 4 is 21.9 Å². The molecule has 0 unspecified atom stereocenters. The summed E-state index contributed by atoms with van der Waals surface area (Å²) in [6.07, 6.45) is 0. The van der Waals surface area contributed by atoms with Gasteiger partial charge in [0, 0.05) is 21.9 Å². The molecule has 2 N–H and O–H groups in total. The molecule has 0 atom stereocenters. The normalized spacial score (nSPS) is 12.8. The Morgan fingerprint density at radius 2 is 1.40 bits per heavy atom. The van der Waals surface area contributed by atoms with Gasteiger partial charge in [-0.25, -0.2) is 0 Å². The van der Waals surface area contributed by atoms with Crippen LogP contribution < -0.4 is 11.4 Å². The third-order valence-corrected chi connectivity index (χ3v) is 4.25. The summed E-state index contributed by atoms with van der Waals surface area (Å²) < 4.78 is 11.7. The highest BCUT2D eigenvalue weighted by molar-refractivity contribution is 6.00. The molecular weight excluding hydrogens is 252 g/mol. The van der Waals surface area contributed by atoms with Crippen molar-refractivity contribution < 1.29 is 8.83 Å². The molecule has 0 amide bonds. The molecule has 104 valence electrons. The molecule has 0 fully saturated rings. The van der Waals surface area contributed by atoms with Crippen LogP contribution in [0, 0.1) is 34.6 Å². The molecule has 20 heavy (non-hydrogen) atoms. The van der Waals surface area contributed by atoms with Gasteiger partial charge >= 0.3 is 0 Å². The van der Waals surface area contributed by atoms with E-state index in [1.807, 2.05) is 20.8 Å². The van der Waals surface area contributed by atoms with Crippen LogP contribution in [0.5, 0.6) is 0 Å². The fourth-order valence-electron chi connectivity index (χ4n) is 2.68. The fourth-order valence-corrected chi connectivity index (χ4v) is 2.68. The van der Waals surface area contributed by atoms with E-state index in [-0.39, 0.29) is 0 Å². The molecule has 1 aromatic carbocycles. The average molecular weight is 270 g/mol. The van der Waals surface area contributed by atoms with Crippen molar-refractivity contribution in [2.75, 3.05) is 0 Å². The third-order valence-electron chi connectivity index (χ3n) is 4.25. The number of fused-ring (bicyclic) bond motifs is 2. The minimum absolute atomic E-state index is 0.470. The highest BCUT2D eigenvalue weighted by atomic mass is 16.3. The van der Waals surface area contributed by atoms with Crippen molar-refractivity contribution in [3.8, 4) is 0 Å². The zero-order valence-corrected chi connectivity index (χ0v) is 12.4. The van der Waals surface area contributed by atoms with Gasteiger partial charge in [-0.2, -0.15) is 0 Å². The smallest absolute Gasteiger partial charge is 0.239 e. The van der Waals surface area contributed by atoms with Gasteiger partial charge in [0.05, 0.1) is 0 Å². The van der Waals surface area contributed by atoms with Crippen LogP contribution >= 0.6 is 0 Å². The van der Waals surface area contributed by atoms with E-state index < -0.39 is 0 Å². The Morgan fingerprint density at radius 3 is 2.05 bits per heavy atom. The van der Waals surface area contributed by atoms with Crippen molar-refractivity contribution in [1.29, 1.82) is 0 Å². The van der Waals surface area contributed by atoms with Gasteiger partial charge in [0.2, 0.25) is 5.55 Å². The summed E-state index contributed by atoms with van der Waals surface area (Å²) in [7, 11) is 0. The second-order valence-electron chi connectivity index (χ2n) is 5.32. The van der Waals surface area contributed by atoms with Crippen LogP contribution in [-0.2, 0) is 0 Å². The molecule has 2 aromatic heterocycles. The molecule has 0 bridgehead atoms. The summed E-state index contributed by atoms with van der Waals surface area (Å²) in [5.74, 6) is 6.35. The van der Waals surface area contributed by atoms with Crippen LogP contribution in [0.2, 0.25) is 0 Å². The summed E-state index contributed by atoms with van der Waals surface area (Å²) in [4.78, 5) is 0. The van der Waals surface area contributed by atoms with Crippen LogP contribution in [0.3, 0.4) is 0 Å². The molecule has 4 heteroatoms. The molecule has 0 aliphatic rings. The monoisotopic (exact) mass is 270 g/mol. The molecule has 2 heterocycles. The predicted molar refractivity (Wildman–Crippen MR) is 79.4 cm³/mol. The van der Waals surface area contributed by atoms with E-state index in [0.717, 1.165) is 44.4 Å². The van der Waals surface area contributed by atoms with E-state index >= 15 is 0 Å². The number of nitrogens with two attached hydrogens (primary N) is 1. The Hall–Kier alpha value is -2.23. The van der Waals surface area contributed by atoms with Crippen LogP contribution in [0.25, 0.3) is 21.9 Å². The molecule has 4 nitrogen and oxygen atoms in total. The summed E-state index contributed by atoms with van der Waals surface area (Å²) in [5, 5.41) is 5.96. The number of aryl methyl sites for hydroxylation is 4. The first kappa shape index (κ1) is 12.8. The van der Waals surface area contributed by atoms with Gasteiger partial charge in [-0.15, -0.1) is 5.10 Å². The molecule has 0 spiro atoms. The summed E-state index contributed by atoms with van der Waals surface area (Å²) >= 11 is 0. The third kappa shape index (κ3) is 1.51. The molecule has 0 aliphatic heterocycles. The SMILES string of the molecule is Cc1oc2c(C)c3oc(=NN)c(C)c(C)c3cc2c1C. The van der Waals surface area contributed by atoms with Crippen molar-refractivity contribution in [3.05, 3.63) is 39.6 Å². The van der Waals surface area contributed by atoms with Crippen molar-refractivity contribution in [1.82, 2.24) is 0 Å². The standard InChI is InChI=1S/C16H18N2O2/c1-7-8(2)16(18-17)20-15-10(4)14-13(6-12(7)15)9(3)11(5)19-14/h6H,17H2,1-5H3. The molecule has 0 aliphatic carbocycles. The van der Waals surface area contributed by atoms with Gasteiger partial charge in [0.1, 0.15) is 16.9 Å². The molecular formula is C16H18N2O2. The van der Waals surface area contributed by atoms with E-state index in [1.54, 1.807) is 0 Å².